The standard InChI is InChI=1S/C20H21BrN4O2/c1-12-8-17(20-24-23-19(27-20)15-6-7-15)13(2)25(12)11-18(26)22-10-14-4-3-5-16(21)9-14/h3-5,8-9,15H,6-7,10-11H2,1-2H3,(H,22,26). The highest BCUT2D eigenvalue weighted by Gasteiger charge is 2.30. The Morgan fingerprint density at radius 3 is 2.85 bits per heavy atom. The van der Waals surface area contributed by atoms with E-state index in [1.807, 2.05) is 48.7 Å². The van der Waals surface area contributed by atoms with E-state index in [9.17, 15) is 4.79 Å². The van der Waals surface area contributed by atoms with Crippen LogP contribution in [-0.4, -0.2) is 20.7 Å². The van der Waals surface area contributed by atoms with Gasteiger partial charge in [0.1, 0.15) is 6.54 Å². The fourth-order valence-corrected chi connectivity index (χ4v) is 3.59. The van der Waals surface area contributed by atoms with Crippen molar-refractivity contribution in [1.82, 2.24) is 20.1 Å². The van der Waals surface area contributed by atoms with Gasteiger partial charge in [0.05, 0.1) is 5.56 Å². The summed E-state index contributed by atoms with van der Waals surface area (Å²) < 4.78 is 8.80. The summed E-state index contributed by atoms with van der Waals surface area (Å²) in [4.78, 5) is 12.4. The van der Waals surface area contributed by atoms with Crippen molar-refractivity contribution < 1.29 is 9.21 Å². The van der Waals surface area contributed by atoms with E-state index in [1.165, 1.54) is 0 Å². The summed E-state index contributed by atoms with van der Waals surface area (Å²) in [7, 11) is 0. The van der Waals surface area contributed by atoms with Crippen molar-refractivity contribution in [1.29, 1.82) is 0 Å². The van der Waals surface area contributed by atoms with Crippen LogP contribution in [0.4, 0.5) is 0 Å². The van der Waals surface area contributed by atoms with Gasteiger partial charge in [-0.1, -0.05) is 28.1 Å². The van der Waals surface area contributed by atoms with Crippen molar-refractivity contribution in [2.45, 2.75) is 45.7 Å². The molecule has 0 radical (unpaired) electrons. The predicted molar refractivity (Wildman–Crippen MR) is 105 cm³/mol. The third-order valence-electron chi connectivity index (χ3n) is 4.85. The monoisotopic (exact) mass is 428 g/mol. The first-order valence-electron chi connectivity index (χ1n) is 9.03. The van der Waals surface area contributed by atoms with E-state index in [2.05, 4.69) is 31.4 Å². The number of nitrogens with zero attached hydrogens (tertiary/aromatic N) is 3. The molecule has 4 rings (SSSR count). The number of carbonyl (C=O) groups is 1. The number of carbonyl (C=O) groups excluding carboxylic acids is 1. The second kappa shape index (κ2) is 7.31. The molecule has 0 unspecified atom stereocenters. The summed E-state index contributed by atoms with van der Waals surface area (Å²) in [5.41, 5.74) is 3.90. The Hall–Kier alpha value is -2.41. The summed E-state index contributed by atoms with van der Waals surface area (Å²) in [6.07, 6.45) is 2.25. The van der Waals surface area contributed by atoms with Crippen LogP contribution in [-0.2, 0) is 17.9 Å². The largest absolute Gasteiger partial charge is 0.420 e. The summed E-state index contributed by atoms with van der Waals surface area (Å²) in [6, 6.07) is 9.91. The molecule has 0 spiro atoms. The predicted octanol–water partition coefficient (Wildman–Crippen LogP) is 4.11. The number of hydrogen-bond acceptors (Lipinski definition) is 4. The maximum atomic E-state index is 12.4. The van der Waals surface area contributed by atoms with E-state index in [-0.39, 0.29) is 12.5 Å². The molecule has 3 aromatic rings. The molecule has 1 aromatic carbocycles. The van der Waals surface area contributed by atoms with Crippen molar-refractivity contribution >= 4 is 21.8 Å². The highest BCUT2D eigenvalue weighted by atomic mass is 79.9. The van der Waals surface area contributed by atoms with Crippen LogP contribution in [0.15, 0.2) is 39.2 Å². The van der Waals surface area contributed by atoms with Gasteiger partial charge in [-0.15, -0.1) is 10.2 Å². The van der Waals surface area contributed by atoms with Crippen LogP contribution >= 0.6 is 15.9 Å². The zero-order valence-corrected chi connectivity index (χ0v) is 16.9. The second-order valence-corrected chi connectivity index (χ2v) is 7.91. The minimum atomic E-state index is -0.0347. The molecular formula is C20H21BrN4O2. The molecule has 6 nitrogen and oxygen atoms in total. The average molecular weight is 429 g/mol. The number of benzene rings is 1. The SMILES string of the molecule is Cc1cc(-c2nnc(C3CC3)o2)c(C)n1CC(=O)NCc1cccc(Br)c1. The molecule has 140 valence electrons. The van der Waals surface area contributed by atoms with E-state index >= 15 is 0 Å². The molecule has 1 N–H and O–H groups in total. The maximum Gasteiger partial charge on any atom is 0.249 e. The van der Waals surface area contributed by atoms with Crippen LogP contribution in [0.25, 0.3) is 11.5 Å². The van der Waals surface area contributed by atoms with Crippen molar-refractivity contribution in [3.05, 3.63) is 57.6 Å². The van der Waals surface area contributed by atoms with E-state index in [0.717, 1.165) is 45.7 Å². The van der Waals surface area contributed by atoms with Gasteiger partial charge < -0.3 is 14.3 Å². The molecule has 0 bridgehead atoms. The summed E-state index contributed by atoms with van der Waals surface area (Å²) >= 11 is 3.44. The molecule has 1 aliphatic rings. The molecule has 0 atom stereocenters. The fraction of sp³-hybridized carbons (Fsp3) is 0.350. The van der Waals surface area contributed by atoms with Gasteiger partial charge in [0, 0.05) is 28.3 Å². The summed E-state index contributed by atoms with van der Waals surface area (Å²) in [5.74, 6) is 1.65. The molecule has 1 aliphatic carbocycles. The van der Waals surface area contributed by atoms with Gasteiger partial charge in [-0.05, 0) is 50.5 Å². The van der Waals surface area contributed by atoms with Crippen LogP contribution in [0.1, 0.15) is 41.6 Å². The third-order valence-corrected chi connectivity index (χ3v) is 5.34. The van der Waals surface area contributed by atoms with Crippen LogP contribution in [0.2, 0.25) is 0 Å². The Bertz CT molecular complexity index is 988. The topological polar surface area (TPSA) is 73.0 Å². The Labute approximate surface area is 166 Å². The zero-order chi connectivity index (χ0) is 19.0. The summed E-state index contributed by atoms with van der Waals surface area (Å²) in [6.45, 7) is 4.72. The maximum absolute atomic E-state index is 12.4. The van der Waals surface area contributed by atoms with Crippen LogP contribution in [0.5, 0.6) is 0 Å². The second-order valence-electron chi connectivity index (χ2n) is 7.00. The number of halogens is 1. The van der Waals surface area contributed by atoms with Crippen molar-refractivity contribution in [3.8, 4) is 11.5 Å². The fourth-order valence-electron chi connectivity index (χ4n) is 3.15. The smallest absolute Gasteiger partial charge is 0.249 e. The number of aromatic nitrogens is 3. The van der Waals surface area contributed by atoms with Crippen LogP contribution in [0, 0.1) is 13.8 Å². The van der Waals surface area contributed by atoms with Gasteiger partial charge in [0.15, 0.2) is 0 Å². The Balaban J connectivity index is 1.45. The van der Waals surface area contributed by atoms with E-state index in [1.54, 1.807) is 0 Å². The van der Waals surface area contributed by atoms with Gasteiger partial charge in [-0.2, -0.15) is 0 Å². The van der Waals surface area contributed by atoms with Gasteiger partial charge >= 0.3 is 0 Å². The van der Waals surface area contributed by atoms with Crippen molar-refractivity contribution in [3.63, 3.8) is 0 Å². The lowest BCUT2D eigenvalue weighted by Crippen LogP contribution is -2.27. The lowest BCUT2D eigenvalue weighted by atomic mass is 10.2. The number of hydrogen-bond donors (Lipinski definition) is 1. The van der Waals surface area contributed by atoms with E-state index in [4.69, 9.17) is 4.42 Å². The number of rotatable bonds is 6. The molecule has 2 heterocycles. The van der Waals surface area contributed by atoms with Crippen LogP contribution in [0.3, 0.4) is 0 Å². The molecule has 7 heteroatoms. The minimum absolute atomic E-state index is 0.0347. The first-order valence-corrected chi connectivity index (χ1v) is 9.82. The van der Waals surface area contributed by atoms with Crippen molar-refractivity contribution in [2.24, 2.45) is 0 Å². The summed E-state index contributed by atoms with van der Waals surface area (Å²) in [5, 5.41) is 11.3. The van der Waals surface area contributed by atoms with Gasteiger partial charge in [-0.3, -0.25) is 4.79 Å². The Kier molecular flexibility index (Phi) is 4.86. The lowest BCUT2D eigenvalue weighted by molar-refractivity contribution is -0.121. The van der Waals surface area contributed by atoms with Gasteiger partial charge in [-0.25, -0.2) is 0 Å². The van der Waals surface area contributed by atoms with Crippen LogP contribution < -0.4 is 5.32 Å². The minimum Gasteiger partial charge on any atom is -0.420 e. The molecule has 2 aromatic heterocycles. The molecule has 1 saturated carbocycles. The molecule has 1 amide bonds. The average Bonchev–Trinajstić information content (AvgIpc) is 3.32. The Morgan fingerprint density at radius 2 is 2.11 bits per heavy atom. The molecule has 1 fully saturated rings. The number of amides is 1. The zero-order valence-electron chi connectivity index (χ0n) is 15.3. The van der Waals surface area contributed by atoms with Gasteiger partial charge in [0.2, 0.25) is 17.7 Å². The van der Waals surface area contributed by atoms with Gasteiger partial charge in [0.25, 0.3) is 0 Å². The quantitative estimate of drug-likeness (QED) is 0.640. The van der Waals surface area contributed by atoms with E-state index < -0.39 is 0 Å². The number of aryl methyl sites for hydroxylation is 1. The molecule has 27 heavy (non-hydrogen) atoms. The van der Waals surface area contributed by atoms with Crippen molar-refractivity contribution in [2.75, 3.05) is 0 Å². The molecule has 0 saturated heterocycles. The third kappa shape index (κ3) is 3.98. The first kappa shape index (κ1) is 18.0. The normalized spacial score (nSPS) is 13.7. The highest BCUT2D eigenvalue weighted by Crippen LogP contribution is 2.40. The lowest BCUT2D eigenvalue weighted by Gasteiger charge is -2.10. The first-order chi connectivity index (χ1) is 13.0. The highest BCUT2D eigenvalue weighted by molar-refractivity contribution is 9.10. The molecular weight excluding hydrogens is 408 g/mol. The Morgan fingerprint density at radius 1 is 1.30 bits per heavy atom. The van der Waals surface area contributed by atoms with E-state index in [0.29, 0.717) is 18.4 Å². The number of nitrogens with one attached hydrogen (secondary N) is 1. The molecule has 0 aliphatic heterocycles.